The average molecular weight is 241 g/mol. The molecule has 5 heteroatoms. The van der Waals surface area contributed by atoms with Crippen LogP contribution in [-0.2, 0) is 0 Å². The fourth-order valence-electron chi connectivity index (χ4n) is 2.18. The number of nitrogens with two attached hydrogens (primary N) is 1. The molecule has 4 nitrogen and oxygen atoms in total. The second kappa shape index (κ2) is 3.43. The highest BCUT2D eigenvalue weighted by Gasteiger charge is 2.56. The third kappa shape index (κ3) is 1.58. The van der Waals surface area contributed by atoms with Gasteiger partial charge in [0, 0.05) is 18.0 Å². The Morgan fingerprint density at radius 3 is 2.50 bits per heavy atom. The fourth-order valence-corrected chi connectivity index (χ4v) is 2.36. The lowest BCUT2D eigenvalue weighted by molar-refractivity contribution is -0.384. The molecule has 1 saturated carbocycles. The van der Waals surface area contributed by atoms with Gasteiger partial charge in [-0.05, 0) is 17.0 Å². The Bertz CT molecular complexity index is 459. The molecule has 0 bridgehead atoms. The fraction of sp³-hybridized carbons (Fsp3) is 0.455. The van der Waals surface area contributed by atoms with Crippen molar-refractivity contribution >= 4 is 17.3 Å². The van der Waals surface area contributed by atoms with E-state index in [1.54, 1.807) is 6.07 Å². The Morgan fingerprint density at radius 2 is 2.06 bits per heavy atom. The summed E-state index contributed by atoms with van der Waals surface area (Å²) in [6.07, 6.45) is 0. The maximum Gasteiger partial charge on any atom is 0.288 e. The minimum absolute atomic E-state index is 0.0156. The number of nitro groups is 1. The maximum absolute atomic E-state index is 10.7. The van der Waals surface area contributed by atoms with Gasteiger partial charge in [-0.3, -0.25) is 10.1 Å². The highest BCUT2D eigenvalue weighted by atomic mass is 35.5. The molecule has 86 valence electrons. The molecule has 0 aromatic heterocycles. The molecule has 0 aliphatic heterocycles. The second-order valence-corrected chi connectivity index (χ2v) is 5.20. The van der Waals surface area contributed by atoms with Gasteiger partial charge in [-0.2, -0.15) is 0 Å². The number of nitro benzene ring substituents is 1. The van der Waals surface area contributed by atoms with Gasteiger partial charge >= 0.3 is 0 Å². The van der Waals surface area contributed by atoms with Crippen LogP contribution in [0.2, 0.25) is 5.02 Å². The normalized spacial score (nSPS) is 26.5. The van der Waals surface area contributed by atoms with Crippen LogP contribution in [0.4, 0.5) is 5.69 Å². The first kappa shape index (κ1) is 11.4. The molecule has 1 aliphatic rings. The van der Waals surface area contributed by atoms with Gasteiger partial charge in [-0.1, -0.05) is 31.5 Å². The molecule has 2 rings (SSSR count). The summed E-state index contributed by atoms with van der Waals surface area (Å²) in [5, 5.41) is 10.9. The minimum Gasteiger partial charge on any atom is -0.327 e. The first-order valence-electron chi connectivity index (χ1n) is 5.05. The Morgan fingerprint density at radius 1 is 1.50 bits per heavy atom. The standard InChI is InChI=1S/C11H13ClN2O2/c1-11(2)9(10(11)13)6-3-4-7(12)8(5-6)14(15)16/h3-5,9-10H,13H2,1-2H3/t9-,10-/m0/s1. The van der Waals surface area contributed by atoms with Gasteiger partial charge in [0.1, 0.15) is 5.02 Å². The molecule has 0 amide bonds. The van der Waals surface area contributed by atoms with Crippen molar-refractivity contribution < 1.29 is 4.92 Å². The zero-order valence-corrected chi connectivity index (χ0v) is 9.86. The number of hydrogen-bond acceptors (Lipinski definition) is 3. The van der Waals surface area contributed by atoms with Gasteiger partial charge in [-0.25, -0.2) is 0 Å². The quantitative estimate of drug-likeness (QED) is 0.638. The summed E-state index contributed by atoms with van der Waals surface area (Å²) in [6, 6.07) is 4.97. The zero-order valence-electron chi connectivity index (χ0n) is 9.11. The molecule has 0 saturated heterocycles. The third-order valence-electron chi connectivity index (χ3n) is 3.44. The Labute approximate surface area is 98.5 Å². The van der Waals surface area contributed by atoms with Crippen LogP contribution >= 0.6 is 11.6 Å². The largest absolute Gasteiger partial charge is 0.327 e. The minimum atomic E-state index is -0.466. The van der Waals surface area contributed by atoms with Crippen molar-refractivity contribution in [1.29, 1.82) is 0 Å². The van der Waals surface area contributed by atoms with E-state index in [2.05, 4.69) is 13.8 Å². The molecule has 0 spiro atoms. The van der Waals surface area contributed by atoms with E-state index in [0.717, 1.165) is 5.56 Å². The van der Waals surface area contributed by atoms with Crippen LogP contribution in [0.3, 0.4) is 0 Å². The first-order valence-corrected chi connectivity index (χ1v) is 5.43. The van der Waals surface area contributed by atoms with Crippen molar-refractivity contribution in [1.82, 2.24) is 0 Å². The highest BCUT2D eigenvalue weighted by Crippen LogP contribution is 2.57. The van der Waals surface area contributed by atoms with E-state index in [0.29, 0.717) is 0 Å². The predicted octanol–water partition coefficient (Wildman–Crippen LogP) is 2.70. The van der Waals surface area contributed by atoms with E-state index in [-0.39, 0.29) is 28.1 Å². The van der Waals surface area contributed by atoms with Gasteiger partial charge in [-0.15, -0.1) is 0 Å². The Hall–Kier alpha value is -1.13. The first-order chi connectivity index (χ1) is 7.35. The monoisotopic (exact) mass is 240 g/mol. The van der Waals surface area contributed by atoms with Crippen molar-refractivity contribution in [2.75, 3.05) is 0 Å². The summed E-state index contributed by atoms with van der Waals surface area (Å²) in [4.78, 5) is 10.3. The summed E-state index contributed by atoms with van der Waals surface area (Å²) in [5.74, 6) is 0.184. The van der Waals surface area contributed by atoms with Gasteiger partial charge in [0.15, 0.2) is 0 Å². The number of nitrogens with zero attached hydrogens (tertiary/aromatic N) is 1. The van der Waals surface area contributed by atoms with E-state index < -0.39 is 4.92 Å². The molecule has 2 atom stereocenters. The number of hydrogen-bond donors (Lipinski definition) is 1. The van der Waals surface area contributed by atoms with E-state index >= 15 is 0 Å². The molecule has 1 aromatic carbocycles. The smallest absolute Gasteiger partial charge is 0.288 e. The highest BCUT2D eigenvalue weighted by molar-refractivity contribution is 6.32. The van der Waals surface area contributed by atoms with Crippen LogP contribution in [0.1, 0.15) is 25.3 Å². The van der Waals surface area contributed by atoms with Crippen LogP contribution in [0, 0.1) is 15.5 Å². The second-order valence-electron chi connectivity index (χ2n) is 4.79. The van der Waals surface area contributed by atoms with E-state index in [1.165, 1.54) is 6.07 Å². The van der Waals surface area contributed by atoms with Gasteiger partial charge in [0.05, 0.1) is 4.92 Å². The Kier molecular flexibility index (Phi) is 2.44. The van der Waals surface area contributed by atoms with Crippen LogP contribution < -0.4 is 5.73 Å². The van der Waals surface area contributed by atoms with Crippen LogP contribution in [0.15, 0.2) is 18.2 Å². The van der Waals surface area contributed by atoms with Crippen molar-refractivity contribution in [3.8, 4) is 0 Å². The molecule has 2 N–H and O–H groups in total. The van der Waals surface area contributed by atoms with Crippen LogP contribution in [0.25, 0.3) is 0 Å². The topological polar surface area (TPSA) is 69.2 Å². The van der Waals surface area contributed by atoms with Crippen molar-refractivity contribution in [2.24, 2.45) is 11.1 Å². The molecule has 1 fully saturated rings. The number of rotatable bonds is 2. The van der Waals surface area contributed by atoms with Crippen LogP contribution in [0.5, 0.6) is 0 Å². The van der Waals surface area contributed by atoms with Gasteiger partial charge < -0.3 is 5.73 Å². The average Bonchev–Trinajstić information content (AvgIpc) is 2.67. The molecule has 16 heavy (non-hydrogen) atoms. The summed E-state index contributed by atoms with van der Waals surface area (Å²) in [5.41, 5.74) is 6.80. The van der Waals surface area contributed by atoms with Crippen molar-refractivity contribution in [2.45, 2.75) is 25.8 Å². The molecule has 1 aliphatic carbocycles. The number of benzene rings is 1. The summed E-state index contributed by atoms with van der Waals surface area (Å²) in [7, 11) is 0. The van der Waals surface area contributed by atoms with Crippen molar-refractivity contribution in [3.05, 3.63) is 38.9 Å². The predicted molar refractivity (Wildman–Crippen MR) is 62.6 cm³/mol. The SMILES string of the molecule is CC1(C)[C@@H](N)[C@@H]1c1ccc(Cl)c([N+](=O)[O-])c1. The summed E-state index contributed by atoms with van der Waals surface area (Å²) < 4.78 is 0. The molecule has 0 heterocycles. The summed E-state index contributed by atoms with van der Waals surface area (Å²) in [6.45, 7) is 4.12. The zero-order chi connectivity index (χ0) is 12.1. The summed E-state index contributed by atoms with van der Waals surface area (Å²) >= 11 is 5.75. The third-order valence-corrected chi connectivity index (χ3v) is 3.76. The van der Waals surface area contributed by atoms with E-state index in [1.807, 2.05) is 6.07 Å². The molecule has 0 unspecified atom stereocenters. The molecule has 0 radical (unpaired) electrons. The van der Waals surface area contributed by atoms with Gasteiger partial charge in [0.25, 0.3) is 5.69 Å². The van der Waals surface area contributed by atoms with E-state index in [4.69, 9.17) is 17.3 Å². The maximum atomic E-state index is 10.7. The van der Waals surface area contributed by atoms with Crippen molar-refractivity contribution in [3.63, 3.8) is 0 Å². The molecule has 1 aromatic rings. The lowest BCUT2D eigenvalue weighted by Crippen LogP contribution is -2.06. The molecular formula is C11H13ClN2O2. The Balaban J connectivity index is 2.39. The molecular weight excluding hydrogens is 228 g/mol. The van der Waals surface area contributed by atoms with Gasteiger partial charge in [0.2, 0.25) is 0 Å². The lowest BCUT2D eigenvalue weighted by Gasteiger charge is -2.03. The van der Waals surface area contributed by atoms with Crippen LogP contribution in [-0.4, -0.2) is 11.0 Å². The van der Waals surface area contributed by atoms with E-state index in [9.17, 15) is 10.1 Å². The lowest BCUT2D eigenvalue weighted by atomic mass is 10.0. The number of halogens is 1.